The molecule has 2 atom stereocenters. The summed E-state index contributed by atoms with van der Waals surface area (Å²) >= 11 is 0. The molecule has 1 aliphatic rings. The number of hydrogen-bond acceptors (Lipinski definition) is 2. The van der Waals surface area contributed by atoms with E-state index in [1.807, 2.05) is 13.0 Å². The molecule has 2 N–H and O–H groups in total. The Labute approximate surface area is 102 Å². The molecular weight excluding hydrogens is 214 g/mol. The third-order valence-corrected chi connectivity index (χ3v) is 3.43. The van der Waals surface area contributed by atoms with Gasteiger partial charge in [-0.25, -0.2) is 0 Å². The van der Waals surface area contributed by atoms with E-state index in [0.717, 1.165) is 18.4 Å². The third-order valence-electron chi connectivity index (χ3n) is 3.43. The smallest absolute Gasteiger partial charge is 0.255 e. The largest absolute Gasteiger partial charge is 0.507 e. The molecule has 0 aliphatic heterocycles. The molecule has 2 unspecified atom stereocenters. The SMILES string of the molecule is Cc1ccc(C(=O)NC2CCC(C)C2)c(O)c1. The number of carbonyl (C=O) groups is 1. The first-order chi connectivity index (χ1) is 8.06. The maximum absolute atomic E-state index is 12.0. The molecule has 0 radical (unpaired) electrons. The van der Waals surface area contributed by atoms with Gasteiger partial charge in [-0.3, -0.25) is 4.79 Å². The van der Waals surface area contributed by atoms with Gasteiger partial charge in [0, 0.05) is 6.04 Å². The highest BCUT2D eigenvalue weighted by Gasteiger charge is 2.23. The summed E-state index contributed by atoms with van der Waals surface area (Å²) in [6.07, 6.45) is 3.25. The van der Waals surface area contributed by atoms with E-state index >= 15 is 0 Å². The zero-order valence-corrected chi connectivity index (χ0v) is 10.4. The van der Waals surface area contributed by atoms with Gasteiger partial charge in [0.25, 0.3) is 5.91 Å². The molecule has 1 amide bonds. The third kappa shape index (κ3) is 2.78. The van der Waals surface area contributed by atoms with E-state index in [0.29, 0.717) is 11.5 Å². The summed E-state index contributed by atoms with van der Waals surface area (Å²) in [5.41, 5.74) is 1.32. The van der Waals surface area contributed by atoms with Gasteiger partial charge in [-0.2, -0.15) is 0 Å². The first-order valence-corrected chi connectivity index (χ1v) is 6.16. The standard InChI is InChI=1S/C14H19NO2/c1-9-3-5-11(7-9)15-14(17)12-6-4-10(2)8-13(12)16/h4,6,8-9,11,16H,3,5,7H2,1-2H3,(H,15,17). The summed E-state index contributed by atoms with van der Waals surface area (Å²) in [6, 6.07) is 5.40. The maximum atomic E-state index is 12.0. The first kappa shape index (κ1) is 12.0. The van der Waals surface area contributed by atoms with Gasteiger partial charge in [-0.1, -0.05) is 13.0 Å². The van der Waals surface area contributed by atoms with Crippen molar-refractivity contribution < 1.29 is 9.90 Å². The fourth-order valence-electron chi connectivity index (χ4n) is 2.44. The van der Waals surface area contributed by atoms with Crippen molar-refractivity contribution in [2.45, 2.75) is 39.2 Å². The molecule has 17 heavy (non-hydrogen) atoms. The van der Waals surface area contributed by atoms with Crippen LogP contribution >= 0.6 is 0 Å². The Balaban J connectivity index is 2.04. The van der Waals surface area contributed by atoms with Crippen LogP contribution in [0.4, 0.5) is 0 Å². The zero-order chi connectivity index (χ0) is 12.4. The molecule has 0 bridgehead atoms. The molecule has 3 heteroatoms. The normalized spacial score (nSPS) is 23.6. The van der Waals surface area contributed by atoms with E-state index in [-0.39, 0.29) is 17.7 Å². The van der Waals surface area contributed by atoms with Gasteiger partial charge in [0.2, 0.25) is 0 Å². The second-order valence-corrected chi connectivity index (χ2v) is 5.11. The van der Waals surface area contributed by atoms with E-state index in [1.165, 1.54) is 6.42 Å². The topological polar surface area (TPSA) is 49.3 Å². The fourth-order valence-corrected chi connectivity index (χ4v) is 2.44. The molecule has 2 rings (SSSR count). The van der Waals surface area contributed by atoms with E-state index in [1.54, 1.807) is 12.1 Å². The number of aryl methyl sites for hydroxylation is 1. The first-order valence-electron chi connectivity index (χ1n) is 6.16. The van der Waals surface area contributed by atoms with Crippen molar-refractivity contribution in [2.75, 3.05) is 0 Å². The van der Waals surface area contributed by atoms with Crippen LogP contribution in [0, 0.1) is 12.8 Å². The van der Waals surface area contributed by atoms with Crippen molar-refractivity contribution in [1.29, 1.82) is 0 Å². The molecule has 0 heterocycles. The summed E-state index contributed by atoms with van der Waals surface area (Å²) in [4.78, 5) is 12.0. The van der Waals surface area contributed by atoms with Gasteiger partial charge in [0.05, 0.1) is 5.56 Å². The van der Waals surface area contributed by atoms with Crippen LogP contribution in [0.3, 0.4) is 0 Å². The molecule has 92 valence electrons. The molecule has 3 nitrogen and oxygen atoms in total. The Kier molecular flexibility index (Phi) is 3.36. The molecule has 1 saturated carbocycles. The van der Waals surface area contributed by atoms with Gasteiger partial charge in [-0.15, -0.1) is 0 Å². The predicted octanol–water partition coefficient (Wildman–Crippen LogP) is 2.62. The van der Waals surface area contributed by atoms with Crippen molar-refractivity contribution in [1.82, 2.24) is 5.32 Å². The number of amides is 1. The fraction of sp³-hybridized carbons (Fsp3) is 0.500. The molecule has 1 aliphatic carbocycles. The van der Waals surface area contributed by atoms with Crippen molar-refractivity contribution >= 4 is 5.91 Å². The highest BCUT2D eigenvalue weighted by molar-refractivity contribution is 5.97. The highest BCUT2D eigenvalue weighted by atomic mass is 16.3. The molecule has 0 spiro atoms. The molecule has 0 saturated heterocycles. The summed E-state index contributed by atoms with van der Waals surface area (Å²) in [6.45, 7) is 4.09. The number of aromatic hydroxyl groups is 1. The number of nitrogens with one attached hydrogen (secondary N) is 1. The van der Waals surface area contributed by atoms with Crippen LogP contribution in [-0.2, 0) is 0 Å². The summed E-state index contributed by atoms with van der Waals surface area (Å²) < 4.78 is 0. The quantitative estimate of drug-likeness (QED) is 0.825. The second-order valence-electron chi connectivity index (χ2n) is 5.11. The van der Waals surface area contributed by atoms with Gasteiger partial charge < -0.3 is 10.4 Å². The van der Waals surface area contributed by atoms with Crippen LogP contribution in [0.25, 0.3) is 0 Å². The van der Waals surface area contributed by atoms with Gasteiger partial charge in [0.15, 0.2) is 0 Å². The molecule has 0 aromatic heterocycles. The lowest BCUT2D eigenvalue weighted by Gasteiger charge is -2.13. The van der Waals surface area contributed by atoms with Crippen molar-refractivity contribution in [3.8, 4) is 5.75 Å². The van der Waals surface area contributed by atoms with Gasteiger partial charge in [-0.05, 0) is 49.8 Å². The number of phenolic OH excluding ortho intramolecular Hbond substituents is 1. The zero-order valence-electron chi connectivity index (χ0n) is 10.4. The summed E-state index contributed by atoms with van der Waals surface area (Å²) in [5.74, 6) is 0.585. The minimum Gasteiger partial charge on any atom is -0.507 e. The number of benzene rings is 1. The minimum atomic E-state index is -0.165. The highest BCUT2D eigenvalue weighted by Crippen LogP contribution is 2.25. The minimum absolute atomic E-state index is 0.0635. The van der Waals surface area contributed by atoms with Crippen molar-refractivity contribution in [3.05, 3.63) is 29.3 Å². The average molecular weight is 233 g/mol. The lowest BCUT2D eigenvalue weighted by molar-refractivity contribution is 0.0934. The number of rotatable bonds is 2. The predicted molar refractivity (Wildman–Crippen MR) is 67.1 cm³/mol. The Morgan fingerprint density at radius 2 is 2.18 bits per heavy atom. The van der Waals surface area contributed by atoms with Gasteiger partial charge >= 0.3 is 0 Å². The average Bonchev–Trinajstić information content (AvgIpc) is 2.63. The molecule has 1 fully saturated rings. The van der Waals surface area contributed by atoms with E-state index in [9.17, 15) is 9.90 Å². The van der Waals surface area contributed by atoms with Crippen LogP contribution < -0.4 is 5.32 Å². The van der Waals surface area contributed by atoms with Gasteiger partial charge in [0.1, 0.15) is 5.75 Å². The summed E-state index contributed by atoms with van der Waals surface area (Å²) in [5, 5.41) is 12.7. The Bertz CT molecular complexity index is 428. The Morgan fingerprint density at radius 3 is 2.76 bits per heavy atom. The van der Waals surface area contributed by atoms with Crippen LogP contribution in [0.15, 0.2) is 18.2 Å². The van der Waals surface area contributed by atoms with Crippen molar-refractivity contribution in [3.63, 3.8) is 0 Å². The Morgan fingerprint density at radius 1 is 1.41 bits per heavy atom. The van der Waals surface area contributed by atoms with E-state index < -0.39 is 0 Å². The molecular formula is C14H19NO2. The lowest BCUT2D eigenvalue weighted by atomic mass is 10.1. The van der Waals surface area contributed by atoms with Crippen LogP contribution in [0.5, 0.6) is 5.75 Å². The number of carbonyl (C=O) groups excluding carboxylic acids is 1. The second kappa shape index (κ2) is 4.78. The molecule has 1 aromatic carbocycles. The Hall–Kier alpha value is -1.51. The van der Waals surface area contributed by atoms with Crippen molar-refractivity contribution in [2.24, 2.45) is 5.92 Å². The number of phenols is 1. The monoisotopic (exact) mass is 233 g/mol. The van der Waals surface area contributed by atoms with Crippen LogP contribution in [-0.4, -0.2) is 17.1 Å². The molecule has 1 aromatic rings. The maximum Gasteiger partial charge on any atom is 0.255 e. The van der Waals surface area contributed by atoms with Crippen LogP contribution in [0.2, 0.25) is 0 Å². The summed E-state index contributed by atoms with van der Waals surface area (Å²) in [7, 11) is 0. The number of hydrogen-bond donors (Lipinski definition) is 2. The van der Waals surface area contributed by atoms with E-state index in [4.69, 9.17) is 0 Å². The lowest BCUT2D eigenvalue weighted by Crippen LogP contribution is -2.32. The van der Waals surface area contributed by atoms with E-state index in [2.05, 4.69) is 12.2 Å². The van der Waals surface area contributed by atoms with Crippen LogP contribution in [0.1, 0.15) is 42.1 Å².